The van der Waals surface area contributed by atoms with Crippen molar-refractivity contribution in [2.45, 2.75) is 10.5 Å². The summed E-state index contributed by atoms with van der Waals surface area (Å²) in [5.41, 5.74) is -0.810. The molecule has 0 saturated carbocycles. The highest BCUT2D eigenvalue weighted by Gasteiger charge is 2.32. The van der Waals surface area contributed by atoms with Gasteiger partial charge in [-0.3, -0.25) is 9.59 Å². The molecule has 1 fully saturated rings. The molecule has 1 aliphatic rings. The molecule has 1 N–H and O–H groups in total. The van der Waals surface area contributed by atoms with Crippen molar-refractivity contribution in [3.63, 3.8) is 0 Å². The number of amides is 2. The van der Waals surface area contributed by atoms with E-state index in [2.05, 4.69) is 15.5 Å². The number of nitrogens with zero attached hydrogens (tertiary/aromatic N) is 4. The third kappa shape index (κ3) is 5.38. The Hall–Kier alpha value is -2.34. The highest BCUT2D eigenvalue weighted by molar-refractivity contribution is 8.01. The lowest BCUT2D eigenvalue weighted by Gasteiger charge is -2.34. The zero-order valence-electron chi connectivity index (χ0n) is 15.4. The lowest BCUT2D eigenvalue weighted by Crippen LogP contribution is -2.48. The van der Waals surface area contributed by atoms with Crippen molar-refractivity contribution in [2.75, 3.05) is 43.9 Å². The molecule has 1 aromatic carbocycles. The van der Waals surface area contributed by atoms with E-state index in [9.17, 15) is 22.8 Å². The molecule has 0 atom stereocenters. The Kier molecular flexibility index (Phi) is 6.63. The Morgan fingerprint density at radius 2 is 1.93 bits per heavy atom. The van der Waals surface area contributed by atoms with Gasteiger partial charge in [-0.05, 0) is 18.2 Å². The number of rotatable bonds is 5. The van der Waals surface area contributed by atoms with Gasteiger partial charge < -0.3 is 15.1 Å². The molecule has 2 amide bonds. The van der Waals surface area contributed by atoms with Gasteiger partial charge in [0.2, 0.25) is 11.0 Å². The molecule has 1 aromatic heterocycles. The van der Waals surface area contributed by atoms with Gasteiger partial charge in [-0.2, -0.15) is 13.2 Å². The average Bonchev–Trinajstić information content (AvgIpc) is 3.20. The third-order valence-electron chi connectivity index (χ3n) is 4.28. The number of thioether (sulfide) groups is 1. The summed E-state index contributed by atoms with van der Waals surface area (Å²) >= 11 is 2.65. The van der Waals surface area contributed by atoms with Crippen LogP contribution >= 0.6 is 23.1 Å². The number of carbonyl (C=O) groups is 2. The smallest absolute Gasteiger partial charge is 0.358 e. The zero-order chi connectivity index (χ0) is 21.0. The Balaban J connectivity index is 1.57. The lowest BCUT2D eigenvalue weighted by molar-refractivity contribution is -0.137. The van der Waals surface area contributed by atoms with Crippen LogP contribution < -0.4 is 10.2 Å². The van der Waals surface area contributed by atoms with Crippen LogP contribution in [0.1, 0.15) is 15.9 Å². The summed E-state index contributed by atoms with van der Waals surface area (Å²) in [4.78, 5) is 27.4. The Bertz CT molecular complexity index is 882. The summed E-state index contributed by atoms with van der Waals surface area (Å²) in [5.74, 6) is -0.270. The maximum atomic E-state index is 12.9. The first kappa shape index (κ1) is 21.4. The molecule has 0 spiro atoms. The Labute approximate surface area is 173 Å². The fourth-order valence-electron chi connectivity index (χ4n) is 2.70. The average molecular weight is 445 g/mol. The van der Waals surface area contributed by atoms with Crippen molar-refractivity contribution in [3.05, 3.63) is 35.4 Å². The molecule has 0 radical (unpaired) electrons. The fourth-order valence-corrected chi connectivity index (χ4v) is 4.46. The van der Waals surface area contributed by atoms with Gasteiger partial charge in [0.25, 0.3) is 5.91 Å². The maximum absolute atomic E-state index is 12.9. The fraction of sp³-hybridized carbons (Fsp3) is 0.412. The molecule has 0 unspecified atom stereocenters. The molecule has 7 nitrogen and oxygen atoms in total. The molecular weight excluding hydrogens is 427 g/mol. The zero-order valence-corrected chi connectivity index (χ0v) is 17.0. The topological polar surface area (TPSA) is 78.4 Å². The van der Waals surface area contributed by atoms with E-state index in [0.29, 0.717) is 35.7 Å². The number of anilines is 1. The number of hydrogen-bond acceptors (Lipinski definition) is 7. The first-order valence-corrected chi connectivity index (χ1v) is 10.5. The van der Waals surface area contributed by atoms with Gasteiger partial charge in [0.1, 0.15) is 0 Å². The van der Waals surface area contributed by atoms with Crippen LogP contribution in [-0.4, -0.2) is 65.9 Å². The van der Waals surface area contributed by atoms with Gasteiger partial charge in [-0.15, -0.1) is 10.2 Å². The summed E-state index contributed by atoms with van der Waals surface area (Å²) in [5, 5.41) is 11.4. The molecule has 0 aliphatic carbocycles. The number of halogens is 3. The highest BCUT2D eigenvalue weighted by Crippen LogP contribution is 2.30. The molecule has 1 aliphatic heterocycles. The van der Waals surface area contributed by atoms with Gasteiger partial charge in [-0.25, -0.2) is 0 Å². The maximum Gasteiger partial charge on any atom is 0.416 e. The van der Waals surface area contributed by atoms with Crippen molar-refractivity contribution in [1.82, 2.24) is 20.4 Å². The summed E-state index contributed by atoms with van der Waals surface area (Å²) in [7, 11) is 1.56. The summed E-state index contributed by atoms with van der Waals surface area (Å²) in [6.07, 6.45) is -4.49. The van der Waals surface area contributed by atoms with E-state index in [0.717, 1.165) is 12.1 Å². The molecule has 1 saturated heterocycles. The normalized spacial score (nSPS) is 14.8. The SMILES string of the molecule is CNC(=O)CSc1nnc(N2CCN(C(=O)c3cccc(C(F)(F)F)c3)CC2)s1. The van der Waals surface area contributed by atoms with E-state index in [1.807, 2.05) is 4.90 Å². The number of hydrogen-bond donors (Lipinski definition) is 1. The number of benzene rings is 1. The quantitative estimate of drug-likeness (QED) is 0.712. The monoisotopic (exact) mass is 445 g/mol. The Morgan fingerprint density at radius 3 is 2.59 bits per heavy atom. The minimum absolute atomic E-state index is 0.0251. The standard InChI is InChI=1S/C17H18F3N5O2S2/c1-21-13(26)10-28-16-23-22-15(29-16)25-7-5-24(6-8-25)14(27)11-3-2-4-12(9-11)17(18,19)20/h2-4,9H,5-8,10H2,1H3,(H,21,26). The van der Waals surface area contributed by atoms with Crippen LogP contribution in [0, 0.1) is 0 Å². The van der Waals surface area contributed by atoms with Crippen LogP contribution in [0.2, 0.25) is 0 Å². The number of aromatic nitrogens is 2. The van der Waals surface area contributed by atoms with E-state index in [-0.39, 0.29) is 17.2 Å². The predicted molar refractivity (Wildman–Crippen MR) is 104 cm³/mol. The molecule has 2 aromatic rings. The second-order valence-corrected chi connectivity index (χ2v) is 8.35. The third-order valence-corrected chi connectivity index (χ3v) is 6.39. The molecule has 3 rings (SSSR count). The van der Waals surface area contributed by atoms with Crippen molar-refractivity contribution < 1.29 is 22.8 Å². The second kappa shape index (κ2) is 8.99. The van der Waals surface area contributed by atoms with Crippen LogP contribution in [-0.2, 0) is 11.0 Å². The van der Waals surface area contributed by atoms with E-state index >= 15 is 0 Å². The van der Waals surface area contributed by atoms with Crippen LogP contribution in [0.4, 0.5) is 18.3 Å². The second-order valence-electron chi connectivity index (χ2n) is 6.17. The summed E-state index contributed by atoms with van der Waals surface area (Å²) in [6, 6.07) is 4.47. The van der Waals surface area contributed by atoms with Gasteiger partial charge in [0, 0.05) is 38.8 Å². The van der Waals surface area contributed by atoms with Crippen molar-refractivity contribution in [2.24, 2.45) is 0 Å². The molecule has 12 heteroatoms. The molecule has 2 heterocycles. The van der Waals surface area contributed by atoms with E-state index in [1.165, 1.54) is 40.1 Å². The summed E-state index contributed by atoms with van der Waals surface area (Å²) < 4.78 is 39.3. The van der Waals surface area contributed by atoms with Crippen molar-refractivity contribution in [1.29, 1.82) is 0 Å². The highest BCUT2D eigenvalue weighted by atomic mass is 32.2. The van der Waals surface area contributed by atoms with Gasteiger partial charge in [-0.1, -0.05) is 29.2 Å². The van der Waals surface area contributed by atoms with Crippen molar-refractivity contribution >= 4 is 40.0 Å². The number of alkyl halides is 3. The van der Waals surface area contributed by atoms with Crippen LogP contribution in [0.3, 0.4) is 0 Å². The van der Waals surface area contributed by atoms with E-state index in [4.69, 9.17) is 0 Å². The minimum Gasteiger partial charge on any atom is -0.358 e. The van der Waals surface area contributed by atoms with Gasteiger partial charge >= 0.3 is 6.18 Å². The van der Waals surface area contributed by atoms with Gasteiger partial charge in [0.15, 0.2) is 4.34 Å². The number of nitrogens with one attached hydrogen (secondary N) is 1. The largest absolute Gasteiger partial charge is 0.416 e. The number of piperazine rings is 1. The van der Waals surface area contributed by atoms with Crippen molar-refractivity contribution in [3.8, 4) is 0 Å². The lowest BCUT2D eigenvalue weighted by atomic mass is 10.1. The van der Waals surface area contributed by atoms with E-state index < -0.39 is 17.6 Å². The first-order valence-electron chi connectivity index (χ1n) is 8.66. The Morgan fingerprint density at radius 1 is 1.21 bits per heavy atom. The summed E-state index contributed by atoms with van der Waals surface area (Å²) in [6.45, 7) is 1.74. The van der Waals surface area contributed by atoms with E-state index in [1.54, 1.807) is 7.05 Å². The van der Waals surface area contributed by atoms with Crippen LogP contribution in [0.25, 0.3) is 0 Å². The minimum atomic E-state index is -4.49. The molecular formula is C17H18F3N5O2S2. The van der Waals surface area contributed by atoms with Crippen LogP contribution in [0.5, 0.6) is 0 Å². The van der Waals surface area contributed by atoms with Crippen LogP contribution in [0.15, 0.2) is 28.6 Å². The molecule has 0 bridgehead atoms. The predicted octanol–water partition coefficient (Wildman–Crippen LogP) is 2.36. The molecule has 29 heavy (non-hydrogen) atoms. The van der Waals surface area contributed by atoms with Gasteiger partial charge in [0.05, 0.1) is 11.3 Å². The number of carbonyl (C=O) groups excluding carboxylic acids is 2. The first-order chi connectivity index (χ1) is 13.8. The molecule has 156 valence electrons.